The first-order valence-electron chi connectivity index (χ1n) is 7.17. The zero-order valence-corrected chi connectivity index (χ0v) is 13.9. The molecule has 3 rings (SSSR count). The maximum atomic E-state index is 3.62. The number of rotatable bonds is 4. The van der Waals surface area contributed by atoms with Gasteiger partial charge in [-0.15, -0.1) is 0 Å². The van der Waals surface area contributed by atoms with Crippen LogP contribution in [0.25, 0.3) is 10.9 Å². The van der Waals surface area contributed by atoms with Gasteiger partial charge in [0.1, 0.15) is 0 Å². The van der Waals surface area contributed by atoms with Crippen molar-refractivity contribution in [1.29, 1.82) is 0 Å². The summed E-state index contributed by atoms with van der Waals surface area (Å²) >= 11 is 3.62. The minimum absolute atomic E-state index is 0.305. The van der Waals surface area contributed by atoms with Crippen LogP contribution in [0, 0.1) is 0 Å². The Bertz CT molecular complexity index is 761. The molecule has 108 valence electrons. The van der Waals surface area contributed by atoms with E-state index in [4.69, 9.17) is 0 Å². The molecular formula is C18H19BrN2. The van der Waals surface area contributed by atoms with Gasteiger partial charge >= 0.3 is 0 Å². The van der Waals surface area contributed by atoms with Crippen LogP contribution >= 0.6 is 15.9 Å². The second-order valence-corrected chi connectivity index (χ2v) is 6.26. The molecule has 0 radical (unpaired) electrons. The smallest absolute Gasteiger partial charge is 0.0481 e. The first-order chi connectivity index (χ1) is 10.2. The summed E-state index contributed by atoms with van der Waals surface area (Å²) in [6.07, 6.45) is 2.21. The van der Waals surface area contributed by atoms with E-state index in [-0.39, 0.29) is 0 Å². The molecule has 0 spiro atoms. The highest BCUT2D eigenvalue weighted by Gasteiger charge is 2.10. The second-order valence-electron chi connectivity index (χ2n) is 5.41. The molecular weight excluding hydrogens is 324 g/mol. The van der Waals surface area contributed by atoms with Gasteiger partial charge in [-0.05, 0) is 30.2 Å². The average Bonchev–Trinajstić information content (AvgIpc) is 2.82. The number of fused-ring (bicyclic) bond motifs is 1. The number of nitrogens with zero attached hydrogens (tertiary/aromatic N) is 1. The van der Waals surface area contributed by atoms with Gasteiger partial charge in [0.2, 0.25) is 0 Å². The Morgan fingerprint density at radius 2 is 1.81 bits per heavy atom. The van der Waals surface area contributed by atoms with Crippen LogP contribution in [0.4, 0.5) is 0 Å². The van der Waals surface area contributed by atoms with E-state index in [0.29, 0.717) is 6.04 Å². The minimum Gasteiger partial charge on any atom is -0.350 e. The molecule has 0 unspecified atom stereocenters. The standard InChI is InChI=1S/C18H19BrN2/c1-13(15-7-3-5-9-17(15)19)20-11-14-12-21(2)18-10-6-4-8-16(14)18/h3-10,12-13,20H,11H2,1-2H3/t13-/m1/s1. The van der Waals surface area contributed by atoms with Crippen LogP contribution in [0.15, 0.2) is 59.2 Å². The van der Waals surface area contributed by atoms with Crippen LogP contribution in [-0.4, -0.2) is 4.57 Å². The Hall–Kier alpha value is -1.58. The molecule has 0 amide bonds. The Morgan fingerprint density at radius 3 is 2.62 bits per heavy atom. The molecule has 3 heteroatoms. The molecule has 0 saturated heterocycles. The maximum Gasteiger partial charge on any atom is 0.0481 e. The van der Waals surface area contributed by atoms with Gasteiger partial charge in [-0.1, -0.05) is 52.3 Å². The van der Waals surface area contributed by atoms with Gasteiger partial charge in [0.15, 0.2) is 0 Å². The van der Waals surface area contributed by atoms with E-state index in [0.717, 1.165) is 11.0 Å². The summed E-state index contributed by atoms with van der Waals surface area (Å²) in [4.78, 5) is 0. The molecule has 1 heterocycles. The van der Waals surface area contributed by atoms with Crippen molar-refractivity contribution >= 4 is 26.8 Å². The molecule has 0 aliphatic carbocycles. The van der Waals surface area contributed by atoms with Crippen molar-refractivity contribution in [2.24, 2.45) is 7.05 Å². The van der Waals surface area contributed by atoms with E-state index in [1.165, 1.54) is 22.0 Å². The molecule has 0 aliphatic heterocycles. The Balaban J connectivity index is 1.79. The number of halogens is 1. The Labute approximate surface area is 133 Å². The third kappa shape index (κ3) is 2.89. The molecule has 3 aromatic rings. The third-order valence-corrected chi connectivity index (χ3v) is 4.67. The van der Waals surface area contributed by atoms with E-state index >= 15 is 0 Å². The van der Waals surface area contributed by atoms with Crippen molar-refractivity contribution in [2.75, 3.05) is 0 Å². The topological polar surface area (TPSA) is 17.0 Å². The Kier molecular flexibility index (Phi) is 4.13. The predicted octanol–water partition coefficient (Wildman–Crippen LogP) is 4.79. The van der Waals surface area contributed by atoms with Crippen molar-refractivity contribution in [3.05, 3.63) is 70.3 Å². The molecule has 0 aliphatic rings. The largest absolute Gasteiger partial charge is 0.350 e. The van der Waals surface area contributed by atoms with Crippen LogP contribution < -0.4 is 5.32 Å². The lowest BCUT2D eigenvalue weighted by Crippen LogP contribution is -2.18. The summed E-state index contributed by atoms with van der Waals surface area (Å²) in [5, 5.41) is 4.94. The number of hydrogen-bond donors (Lipinski definition) is 1. The first kappa shape index (κ1) is 14.4. The predicted molar refractivity (Wildman–Crippen MR) is 92.3 cm³/mol. The summed E-state index contributed by atoms with van der Waals surface area (Å²) < 4.78 is 3.35. The molecule has 1 N–H and O–H groups in total. The lowest BCUT2D eigenvalue weighted by Gasteiger charge is -2.15. The fourth-order valence-electron chi connectivity index (χ4n) is 2.77. The number of aromatic nitrogens is 1. The monoisotopic (exact) mass is 342 g/mol. The van der Waals surface area contributed by atoms with Gasteiger partial charge in [0.05, 0.1) is 0 Å². The zero-order valence-electron chi connectivity index (χ0n) is 12.3. The summed E-state index contributed by atoms with van der Waals surface area (Å²) in [7, 11) is 2.10. The quantitative estimate of drug-likeness (QED) is 0.721. The summed E-state index contributed by atoms with van der Waals surface area (Å²) in [6, 6.07) is 17.2. The van der Waals surface area contributed by atoms with Gasteiger partial charge in [0, 0.05) is 41.2 Å². The molecule has 1 aromatic heterocycles. The summed E-state index contributed by atoms with van der Waals surface area (Å²) in [5.74, 6) is 0. The van der Waals surface area contributed by atoms with Crippen molar-refractivity contribution in [3.63, 3.8) is 0 Å². The maximum absolute atomic E-state index is 3.62. The minimum atomic E-state index is 0.305. The summed E-state index contributed by atoms with van der Waals surface area (Å²) in [5.41, 5.74) is 3.91. The number of nitrogens with one attached hydrogen (secondary N) is 1. The van der Waals surface area contributed by atoms with Crippen molar-refractivity contribution in [3.8, 4) is 0 Å². The van der Waals surface area contributed by atoms with Crippen LogP contribution in [0.2, 0.25) is 0 Å². The van der Waals surface area contributed by atoms with E-state index in [2.05, 4.69) is 88.4 Å². The fourth-order valence-corrected chi connectivity index (χ4v) is 3.39. The second kappa shape index (κ2) is 6.04. The molecule has 2 nitrogen and oxygen atoms in total. The first-order valence-corrected chi connectivity index (χ1v) is 7.97. The lowest BCUT2D eigenvalue weighted by atomic mass is 10.1. The van der Waals surface area contributed by atoms with Gasteiger partial charge in [0.25, 0.3) is 0 Å². The highest BCUT2D eigenvalue weighted by Crippen LogP contribution is 2.24. The molecule has 0 bridgehead atoms. The molecule has 1 atom stereocenters. The summed E-state index contributed by atoms with van der Waals surface area (Å²) in [6.45, 7) is 3.06. The van der Waals surface area contributed by atoms with E-state index in [9.17, 15) is 0 Å². The normalized spacial score (nSPS) is 12.7. The third-order valence-electron chi connectivity index (χ3n) is 3.95. The molecule has 0 saturated carbocycles. The van der Waals surface area contributed by atoms with Crippen LogP contribution in [0.3, 0.4) is 0 Å². The van der Waals surface area contributed by atoms with Crippen LogP contribution in [0.1, 0.15) is 24.1 Å². The molecule has 2 aromatic carbocycles. The van der Waals surface area contributed by atoms with E-state index in [1.807, 2.05) is 6.07 Å². The number of aryl methyl sites for hydroxylation is 1. The van der Waals surface area contributed by atoms with Gasteiger partial charge in [-0.2, -0.15) is 0 Å². The highest BCUT2D eigenvalue weighted by atomic mass is 79.9. The van der Waals surface area contributed by atoms with Crippen molar-refractivity contribution in [1.82, 2.24) is 9.88 Å². The van der Waals surface area contributed by atoms with E-state index < -0.39 is 0 Å². The van der Waals surface area contributed by atoms with Gasteiger partial charge in [-0.25, -0.2) is 0 Å². The molecule has 21 heavy (non-hydrogen) atoms. The average molecular weight is 343 g/mol. The highest BCUT2D eigenvalue weighted by molar-refractivity contribution is 9.10. The number of para-hydroxylation sites is 1. The van der Waals surface area contributed by atoms with E-state index in [1.54, 1.807) is 0 Å². The number of benzene rings is 2. The SMILES string of the molecule is C[C@@H](NCc1cn(C)c2ccccc12)c1ccccc1Br. The van der Waals surface area contributed by atoms with Crippen LogP contribution in [-0.2, 0) is 13.6 Å². The van der Waals surface area contributed by atoms with Crippen molar-refractivity contribution < 1.29 is 0 Å². The van der Waals surface area contributed by atoms with Gasteiger partial charge in [-0.3, -0.25) is 0 Å². The lowest BCUT2D eigenvalue weighted by molar-refractivity contribution is 0.574. The van der Waals surface area contributed by atoms with Gasteiger partial charge < -0.3 is 9.88 Å². The fraction of sp³-hybridized carbons (Fsp3) is 0.222. The molecule has 0 fully saturated rings. The van der Waals surface area contributed by atoms with Crippen LogP contribution in [0.5, 0.6) is 0 Å². The Morgan fingerprint density at radius 1 is 1.10 bits per heavy atom. The number of hydrogen-bond acceptors (Lipinski definition) is 1. The van der Waals surface area contributed by atoms with Crippen molar-refractivity contribution in [2.45, 2.75) is 19.5 Å². The zero-order chi connectivity index (χ0) is 14.8.